The Kier molecular flexibility index (Phi) is 5.21. The smallest absolute Gasteiger partial charge is 0.246 e. The predicted molar refractivity (Wildman–Crippen MR) is 103 cm³/mol. The Morgan fingerprint density at radius 1 is 1.07 bits per heavy atom. The van der Waals surface area contributed by atoms with Gasteiger partial charge in [-0.25, -0.2) is 4.39 Å². The third-order valence-corrected chi connectivity index (χ3v) is 4.87. The van der Waals surface area contributed by atoms with E-state index in [4.69, 9.17) is 11.6 Å². The molecule has 0 saturated carbocycles. The van der Waals surface area contributed by atoms with E-state index in [1.165, 1.54) is 16.9 Å². The van der Waals surface area contributed by atoms with Gasteiger partial charge in [0.1, 0.15) is 12.4 Å². The molecule has 0 radical (unpaired) electrons. The summed E-state index contributed by atoms with van der Waals surface area (Å²) >= 11 is 5.99. The number of hydrogen-bond acceptors (Lipinski definition) is 5. The van der Waals surface area contributed by atoms with E-state index in [1.807, 2.05) is 12.1 Å². The highest BCUT2D eigenvalue weighted by Gasteiger charge is 2.22. The third-order valence-electron chi connectivity index (χ3n) is 4.64. The Bertz CT molecular complexity index is 969. The Hall–Kier alpha value is -3.00. The molecular formula is C19H18ClFN6O. The molecule has 9 heteroatoms. The number of amides is 1. The maximum Gasteiger partial charge on any atom is 0.246 e. The van der Waals surface area contributed by atoms with Crippen LogP contribution in [0.5, 0.6) is 0 Å². The Labute approximate surface area is 166 Å². The minimum absolute atomic E-state index is 0.0319. The second-order valence-corrected chi connectivity index (χ2v) is 6.93. The molecule has 0 unspecified atom stereocenters. The minimum atomic E-state index is -0.255. The van der Waals surface area contributed by atoms with Gasteiger partial charge in [-0.3, -0.25) is 4.79 Å². The van der Waals surface area contributed by atoms with Crippen LogP contribution in [0.2, 0.25) is 5.02 Å². The van der Waals surface area contributed by atoms with Crippen molar-refractivity contribution in [3.63, 3.8) is 0 Å². The Balaban J connectivity index is 1.34. The van der Waals surface area contributed by atoms with Crippen molar-refractivity contribution in [1.29, 1.82) is 0 Å². The zero-order valence-electron chi connectivity index (χ0n) is 15.0. The third kappa shape index (κ3) is 4.12. The molecule has 4 rings (SSSR count). The highest BCUT2D eigenvalue weighted by Crippen LogP contribution is 2.19. The first-order chi connectivity index (χ1) is 13.6. The number of carbonyl (C=O) groups is 1. The van der Waals surface area contributed by atoms with Gasteiger partial charge in [0.25, 0.3) is 0 Å². The van der Waals surface area contributed by atoms with Crippen molar-refractivity contribution in [3.05, 3.63) is 59.4 Å². The molecule has 0 N–H and O–H groups in total. The molecule has 1 aromatic heterocycles. The van der Waals surface area contributed by atoms with Gasteiger partial charge in [0, 0.05) is 42.5 Å². The minimum Gasteiger partial charge on any atom is -0.368 e. The summed E-state index contributed by atoms with van der Waals surface area (Å²) in [6.45, 7) is 2.59. The number of benzene rings is 2. The summed E-state index contributed by atoms with van der Waals surface area (Å²) in [6, 6.07) is 13.6. The van der Waals surface area contributed by atoms with Gasteiger partial charge < -0.3 is 9.80 Å². The maximum absolute atomic E-state index is 13.1. The second-order valence-electron chi connectivity index (χ2n) is 6.50. The van der Waals surface area contributed by atoms with E-state index in [0.29, 0.717) is 37.0 Å². The zero-order valence-corrected chi connectivity index (χ0v) is 15.8. The van der Waals surface area contributed by atoms with Gasteiger partial charge in [-0.05, 0) is 41.6 Å². The quantitative estimate of drug-likeness (QED) is 0.673. The van der Waals surface area contributed by atoms with Gasteiger partial charge in [0.15, 0.2) is 0 Å². The summed E-state index contributed by atoms with van der Waals surface area (Å²) in [7, 11) is 0. The van der Waals surface area contributed by atoms with Gasteiger partial charge in [-0.15, -0.1) is 10.2 Å². The summed E-state index contributed by atoms with van der Waals surface area (Å²) in [5.41, 5.74) is 1.71. The molecule has 2 aromatic carbocycles. The van der Waals surface area contributed by atoms with E-state index in [2.05, 4.69) is 20.3 Å². The molecule has 0 atom stereocenters. The van der Waals surface area contributed by atoms with Crippen LogP contribution in [-0.4, -0.2) is 57.2 Å². The van der Waals surface area contributed by atoms with Crippen LogP contribution >= 0.6 is 11.6 Å². The van der Waals surface area contributed by atoms with Crippen LogP contribution in [0.25, 0.3) is 11.4 Å². The van der Waals surface area contributed by atoms with E-state index in [0.717, 1.165) is 11.3 Å². The molecule has 2 heterocycles. The van der Waals surface area contributed by atoms with Gasteiger partial charge >= 0.3 is 0 Å². The number of piperazine rings is 1. The number of rotatable bonds is 4. The lowest BCUT2D eigenvalue weighted by Crippen LogP contribution is -2.49. The van der Waals surface area contributed by atoms with Crippen molar-refractivity contribution in [2.45, 2.75) is 6.54 Å². The van der Waals surface area contributed by atoms with E-state index < -0.39 is 0 Å². The van der Waals surface area contributed by atoms with Crippen LogP contribution in [0.15, 0.2) is 48.5 Å². The monoisotopic (exact) mass is 400 g/mol. The first-order valence-electron chi connectivity index (χ1n) is 8.90. The summed E-state index contributed by atoms with van der Waals surface area (Å²) in [5.74, 6) is 0.111. The number of anilines is 1. The van der Waals surface area contributed by atoms with Crippen LogP contribution < -0.4 is 4.90 Å². The zero-order chi connectivity index (χ0) is 19.5. The molecule has 1 saturated heterocycles. The molecule has 144 valence electrons. The summed E-state index contributed by atoms with van der Waals surface area (Å²) < 4.78 is 13.1. The highest BCUT2D eigenvalue weighted by atomic mass is 35.5. The Morgan fingerprint density at radius 2 is 1.82 bits per heavy atom. The van der Waals surface area contributed by atoms with Crippen LogP contribution in [-0.2, 0) is 11.3 Å². The van der Waals surface area contributed by atoms with Gasteiger partial charge in [0.2, 0.25) is 11.7 Å². The highest BCUT2D eigenvalue weighted by molar-refractivity contribution is 6.30. The van der Waals surface area contributed by atoms with Crippen LogP contribution in [0.4, 0.5) is 10.1 Å². The lowest BCUT2D eigenvalue weighted by Gasteiger charge is -2.36. The first kappa shape index (κ1) is 18.4. The molecule has 1 aliphatic rings. The van der Waals surface area contributed by atoms with Crippen LogP contribution in [0, 0.1) is 5.82 Å². The van der Waals surface area contributed by atoms with Gasteiger partial charge in [-0.1, -0.05) is 23.7 Å². The summed E-state index contributed by atoms with van der Waals surface area (Å²) in [4.78, 5) is 17.8. The standard InChI is InChI=1S/C19H18ClFN6O/c20-15-3-1-2-14(12-15)19-22-24-27(23-19)13-18(28)26-10-8-25(9-11-26)17-6-4-16(21)5-7-17/h1-7,12H,8-11,13H2. The average molecular weight is 401 g/mol. The normalized spacial score (nSPS) is 14.4. The SMILES string of the molecule is O=C(Cn1nnc(-c2cccc(Cl)c2)n1)N1CCN(c2ccc(F)cc2)CC1. The molecule has 0 spiro atoms. The van der Waals surface area contributed by atoms with E-state index in [1.54, 1.807) is 29.2 Å². The lowest BCUT2D eigenvalue weighted by atomic mass is 10.2. The maximum atomic E-state index is 13.1. The largest absolute Gasteiger partial charge is 0.368 e. The average Bonchev–Trinajstić information content (AvgIpc) is 3.17. The number of tetrazole rings is 1. The predicted octanol–water partition coefficient (Wildman–Crippen LogP) is 2.48. The fraction of sp³-hybridized carbons (Fsp3) is 0.263. The molecular weight excluding hydrogens is 383 g/mol. The Morgan fingerprint density at radius 3 is 2.54 bits per heavy atom. The van der Waals surface area contributed by atoms with Gasteiger partial charge in [-0.2, -0.15) is 4.80 Å². The molecule has 1 amide bonds. The molecule has 1 fully saturated rings. The van der Waals surface area contributed by atoms with Crippen LogP contribution in [0.3, 0.4) is 0 Å². The number of nitrogens with zero attached hydrogens (tertiary/aromatic N) is 6. The van der Waals surface area contributed by atoms with Crippen molar-refractivity contribution < 1.29 is 9.18 Å². The molecule has 7 nitrogen and oxygen atoms in total. The van der Waals surface area contributed by atoms with E-state index >= 15 is 0 Å². The molecule has 3 aromatic rings. The van der Waals surface area contributed by atoms with Gasteiger partial charge in [0.05, 0.1) is 0 Å². The summed E-state index contributed by atoms with van der Waals surface area (Å²) in [5, 5.41) is 12.8. The summed E-state index contributed by atoms with van der Waals surface area (Å²) in [6.07, 6.45) is 0. The lowest BCUT2D eigenvalue weighted by molar-refractivity contribution is -0.132. The van der Waals surface area contributed by atoms with E-state index in [-0.39, 0.29) is 18.3 Å². The fourth-order valence-corrected chi connectivity index (χ4v) is 3.33. The molecule has 28 heavy (non-hydrogen) atoms. The number of aromatic nitrogens is 4. The van der Waals surface area contributed by atoms with Crippen molar-refractivity contribution in [2.75, 3.05) is 31.1 Å². The molecule has 0 aliphatic carbocycles. The topological polar surface area (TPSA) is 67.2 Å². The van der Waals surface area contributed by atoms with Crippen molar-refractivity contribution in [1.82, 2.24) is 25.1 Å². The number of halogens is 2. The number of hydrogen-bond donors (Lipinski definition) is 0. The van der Waals surface area contributed by atoms with Crippen molar-refractivity contribution in [2.24, 2.45) is 0 Å². The number of carbonyl (C=O) groups excluding carboxylic acids is 1. The van der Waals surface area contributed by atoms with Crippen LogP contribution in [0.1, 0.15) is 0 Å². The second kappa shape index (κ2) is 7.93. The molecule has 1 aliphatic heterocycles. The molecule has 0 bridgehead atoms. The first-order valence-corrected chi connectivity index (χ1v) is 9.28. The van der Waals surface area contributed by atoms with Crippen molar-refractivity contribution in [3.8, 4) is 11.4 Å². The van der Waals surface area contributed by atoms with Crippen molar-refractivity contribution >= 4 is 23.2 Å². The fourth-order valence-electron chi connectivity index (χ4n) is 3.14. The van der Waals surface area contributed by atoms with E-state index in [9.17, 15) is 9.18 Å².